The lowest BCUT2D eigenvalue weighted by atomic mass is 9.97. The lowest BCUT2D eigenvalue weighted by Crippen LogP contribution is -2.40. The van der Waals surface area contributed by atoms with Crippen molar-refractivity contribution in [1.82, 2.24) is 19.3 Å². The quantitative estimate of drug-likeness (QED) is 0.833. The number of hydrogen-bond acceptors (Lipinski definition) is 5. The van der Waals surface area contributed by atoms with Gasteiger partial charge < -0.3 is 9.47 Å². The molecule has 4 rings (SSSR count). The van der Waals surface area contributed by atoms with Crippen LogP contribution >= 0.6 is 0 Å². The van der Waals surface area contributed by atoms with Crippen LogP contribution in [0.25, 0.3) is 0 Å². The van der Waals surface area contributed by atoms with E-state index < -0.39 is 0 Å². The van der Waals surface area contributed by atoms with Gasteiger partial charge in [0.05, 0.1) is 5.69 Å². The van der Waals surface area contributed by atoms with Gasteiger partial charge in [0.1, 0.15) is 0 Å². The Labute approximate surface area is 145 Å². The van der Waals surface area contributed by atoms with E-state index in [1.54, 1.807) is 34.8 Å². The van der Waals surface area contributed by atoms with E-state index in [9.17, 15) is 9.59 Å². The normalized spacial score (nSPS) is 18.5. The molecule has 1 aliphatic heterocycles. The fourth-order valence-corrected chi connectivity index (χ4v) is 3.47. The van der Waals surface area contributed by atoms with Crippen molar-refractivity contribution in [3.63, 3.8) is 0 Å². The largest absolute Gasteiger partial charge is 0.352 e. The Morgan fingerprint density at radius 3 is 2.60 bits per heavy atom. The van der Waals surface area contributed by atoms with Crippen LogP contribution in [0.4, 0.5) is 5.82 Å². The molecular formula is C18H23N5O2. The van der Waals surface area contributed by atoms with Crippen LogP contribution in [-0.4, -0.2) is 32.4 Å². The van der Waals surface area contributed by atoms with Crippen LogP contribution in [0.5, 0.6) is 0 Å². The predicted molar refractivity (Wildman–Crippen MR) is 94.9 cm³/mol. The second-order valence-electron chi connectivity index (χ2n) is 7.15. The molecule has 0 N–H and O–H groups in total. The Balaban J connectivity index is 1.42. The first kappa shape index (κ1) is 16.1. The molecule has 1 aliphatic carbocycles. The second kappa shape index (κ2) is 6.46. The standard InChI is InChI=1S/C18H23N5O2/c1-21-11-8-19-17(18(21)25)22-9-6-13(7-10-22)12-23-16(24)5-4-15(20-23)14-2-3-14/h4-5,8,11,13-14H,2-3,6-7,9-10,12H2,1H3. The molecule has 0 amide bonds. The van der Waals surface area contributed by atoms with E-state index in [1.165, 1.54) is 12.8 Å². The van der Waals surface area contributed by atoms with Crippen molar-refractivity contribution in [2.75, 3.05) is 18.0 Å². The summed E-state index contributed by atoms with van der Waals surface area (Å²) in [5.74, 6) is 1.48. The minimum atomic E-state index is -0.0593. The summed E-state index contributed by atoms with van der Waals surface area (Å²) in [5, 5.41) is 4.56. The van der Waals surface area contributed by atoms with Gasteiger partial charge in [-0.25, -0.2) is 9.67 Å². The van der Waals surface area contributed by atoms with Crippen molar-refractivity contribution in [2.24, 2.45) is 13.0 Å². The van der Waals surface area contributed by atoms with E-state index in [0.717, 1.165) is 31.6 Å². The third-order valence-corrected chi connectivity index (χ3v) is 5.23. The van der Waals surface area contributed by atoms with Gasteiger partial charge in [-0.05, 0) is 37.7 Å². The monoisotopic (exact) mass is 341 g/mol. The maximum absolute atomic E-state index is 12.2. The summed E-state index contributed by atoms with van der Waals surface area (Å²) in [6.07, 6.45) is 7.56. The Morgan fingerprint density at radius 1 is 1.12 bits per heavy atom. The maximum atomic E-state index is 12.2. The van der Waals surface area contributed by atoms with Crippen molar-refractivity contribution < 1.29 is 0 Å². The van der Waals surface area contributed by atoms with Gasteiger partial charge in [-0.2, -0.15) is 5.10 Å². The summed E-state index contributed by atoms with van der Waals surface area (Å²) in [6.45, 7) is 2.23. The first-order valence-electron chi connectivity index (χ1n) is 8.96. The summed E-state index contributed by atoms with van der Waals surface area (Å²) >= 11 is 0. The first-order chi connectivity index (χ1) is 12.1. The van der Waals surface area contributed by atoms with Crippen LogP contribution in [0.3, 0.4) is 0 Å². The van der Waals surface area contributed by atoms with Crippen LogP contribution in [0, 0.1) is 5.92 Å². The third kappa shape index (κ3) is 3.36. The van der Waals surface area contributed by atoms with E-state index >= 15 is 0 Å². The highest BCUT2D eigenvalue weighted by atomic mass is 16.1. The molecule has 1 saturated carbocycles. The molecule has 25 heavy (non-hydrogen) atoms. The van der Waals surface area contributed by atoms with Crippen LogP contribution in [0.15, 0.2) is 34.1 Å². The van der Waals surface area contributed by atoms with Gasteiger partial charge in [0.15, 0.2) is 5.82 Å². The van der Waals surface area contributed by atoms with E-state index in [4.69, 9.17) is 0 Å². The topological polar surface area (TPSA) is 73.0 Å². The molecule has 2 aromatic rings. The fraction of sp³-hybridized carbons (Fsp3) is 0.556. The lowest BCUT2D eigenvalue weighted by molar-refractivity contribution is 0.332. The molecule has 0 bridgehead atoms. The number of nitrogens with zero attached hydrogens (tertiary/aromatic N) is 5. The van der Waals surface area contributed by atoms with Gasteiger partial charge in [0.25, 0.3) is 11.1 Å². The fourth-order valence-electron chi connectivity index (χ4n) is 3.47. The van der Waals surface area contributed by atoms with Crippen molar-refractivity contribution in [2.45, 2.75) is 38.1 Å². The molecule has 2 aliphatic rings. The highest BCUT2D eigenvalue weighted by Gasteiger charge is 2.27. The smallest absolute Gasteiger partial charge is 0.293 e. The predicted octanol–water partition coefficient (Wildman–Crippen LogP) is 1.13. The highest BCUT2D eigenvalue weighted by Crippen LogP contribution is 2.38. The molecule has 0 aromatic carbocycles. The number of piperidine rings is 1. The van der Waals surface area contributed by atoms with Crippen molar-refractivity contribution in [3.05, 3.63) is 50.9 Å². The zero-order chi connectivity index (χ0) is 17.4. The summed E-state index contributed by atoms with van der Waals surface area (Å²) in [7, 11) is 1.74. The highest BCUT2D eigenvalue weighted by molar-refractivity contribution is 5.36. The Hall–Kier alpha value is -2.44. The molecule has 2 aromatic heterocycles. The molecule has 0 unspecified atom stereocenters. The number of hydrogen-bond donors (Lipinski definition) is 0. The summed E-state index contributed by atoms with van der Waals surface area (Å²) in [5.41, 5.74) is 0.968. The molecule has 0 spiro atoms. The zero-order valence-corrected chi connectivity index (χ0v) is 14.5. The van der Waals surface area contributed by atoms with Gasteiger partial charge in [-0.15, -0.1) is 0 Å². The number of aromatic nitrogens is 4. The van der Waals surface area contributed by atoms with E-state index in [-0.39, 0.29) is 11.1 Å². The summed E-state index contributed by atoms with van der Waals surface area (Å²) in [4.78, 5) is 30.6. The molecule has 1 saturated heterocycles. The van der Waals surface area contributed by atoms with Gasteiger partial charge in [-0.3, -0.25) is 9.59 Å². The van der Waals surface area contributed by atoms with E-state index in [0.29, 0.717) is 24.2 Å². The number of aryl methyl sites for hydroxylation is 1. The van der Waals surface area contributed by atoms with Crippen molar-refractivity contribution >= 4 is 5.82 Å². The first-order valence-corrected chi connectivity index (χ1v) is 8.96. The maximum Gasteiger partial charge on any atom is 0.293 e. The van der Waals surface area contributed by atoms with Crippen LogP contribution < -0.4 is 16.0 Å². The third-order valence-electron chi connectivity index (χ3n) is 5.23. The van der Waals surface area contributed by atoms with E-state index in [1.807, 2.05) is 6.07 Å². The number of rotatable bonds is 4. The lowest BCUT2D eigenvalue weighted by Gasteiger charge is -2.32. The molecular weight excluding hydrogens is 318 g/mol. The Morgan fingerprint density at radius 2 is 1.88 bits per heavy atom. The minimum absolute atomic E-state index is 0.0228. The van der Waals surface area contributed by atoms with Crippen molar-refractivity contribution in [3.8, 4) is 0 Å². The van der Waals surface area contributed by atoms with Gasteiger partial charge >= 0.3 is 0 Å². The van der Waals surface area contributed by atoms with E-state index in [2.05, 4.69) is 15.0 Å². The average Bonchev–Trinajstić information content (AvgIpc) is 3.45. The second-order valence-corrected chi connectivity index (χ2v) is 7.15. The van der Waals surface area contributed by atoms with Crippen LogP contribution in [-0.2, 0) is 13.6 Å². The van der Waals surface area contributed by atoms with Crippen LogP contribution in [0.2, 0.25) is 0 Å². The minimum Gasteiger partial charge on any atom is -0.352 e. The molecule has 0 radical (unpaired) electrons. The molecule has 132 valence electrons. The zero-order valence-electron chi connectivity index (χ0n) is 14.5. The van der Waals surface area contributed by atoms with Gasteiger partial charge in [0.2, 0.25) is 0 Å². The Bertz CT molecular complexity index is 876. The molecule has 0 atom stereocenters. The average molecular weight is 341 g/mol. The van der Waals surface area contributed by atoms with Crippen molar-refractivity contribution in [1.29, 1.82) is 0 Å². The molecule has 7 heteroatoms. The van der Waals surface area contributed by atoms with Gasteiger partial charge in [0, 0.05) is 51.1 Å². The summed E-state index contributed by atoms with van der Waals surface area (Å²) in [6, 6.07) is 3.52. The Kier molecular flexibility index (Phi) is 4.15. The SMILES string of the molecule is Cn1ccnc(N2CCC(Cn3nc(C4CC4)ccc3=O)CC2)c1=O. The summed E-state index contributed by atoms with van der Waals surface area (Å²) < 4.78 is 3.19. The van der Waals surface area contributed by atoms with Crippen LogP contribution in [0.1, 0.15) is 37.3 Å². The molecule has 2 fully saturated rings. The molecule has 3 heterocycles. The number of anilines is 1. The molecule has 7 nitrogen and oxygen atoms in total. The van der Waals surface area contributed by atoms with Gasteiger partial charge in [-0.1, -0.05) is 0 Å².